The van der Waals surface area contributed by atoms with Crippen LogP contribution in [0, 0.1) is 13.8 Å². The van der Waals surface area contributed by atoms with E-state index in [1.54, 1.807) is 31.5 Å². The zero-order valence-electron chi connectivity index (χ0n) is 11.1. The van der Waals surface area contributed by atoms with Crippen LogP contribution in [0.15, 0.2) is 27.8 Å². The van der Waals surface area contributed by atoms with Gasteiger partial charge in [0.05, 0.1) is 24.6 Å². The quantitative estimate of drug-likeness (QED) is 0.629. The molecule has 100 valence electrons. The Bertz CT molecular complexity index is 596. The molecule has 0 atom stereocenters. The van der Waals surface area contributed by atoms with Crippen molar-refractivity contribution in [1.82, 2.24) is 0 Å². The minimum absolute atomic E-state index is 0.323. The molecule has 0 unspecified atom stereocenters. The number of rotatable bonds is 4. The van der Waals surface area contributed by atoms with Crippen molar-refractivity contribution in [3.8, 4) is 0 Å². The molecule has 0 spiro atoms. The van der Waals surface area contributed by atoms with Crippen molar-refractivity contribution < 1.29 is 13.9 Å². The van der Waals surface area contributed by atoms with E-state index in [1.807, 2.05) is 13.8 Å². The molecular formula is C14H15NO3S. The van der Waals surface area contributed by atoms with Gasteiger partial charge in [-0.05, 0) is 38.5 Å². The second kappa shape index (κ2) is 5.84. The number of hydrogen-bond acceptors (Lipinski definition) is 5. The zero-order chi connectivity index (χ0) is 13.8. The predicted molar refractivity (Wildman–Crippen MR) is 75.7 cm³/mol. The van der Waals surface area contributed by atoms with Crippen molar-refractivity contribution >= 4 is 28.5 Å². The summed E-state index contributed by atoms with van der Waals surface area (Å²) in [6.45, 7) is 6.02. The molecule has 2 aromatic rings. The first-order chi connectivity index (χ1) is 9.13. The summed E-state index contributed by atoms with van der Waals surface area (Å²) in [6.07, 6.45) is 3.19. The lowest BCUT2D eigenvalue weighted by Crippen LogP contribution is -2.05. The van der Waals surface area contributed by atoms with Crippen LogP contribution >= 0.6 is 11.3 Å². The van der Waals surface area contributed by atoms with Crippen molar-refractivity contribution in [1.29, 1.82) is 0 Å². The van der Waals surface area contributed by atoms with Gasteiger partial charge in [-0.15, -0.1) is 11.3 Å². The van der Waals surface area contributed by atoms with Crippen LogP contribution in [0.4, 0.5) is 5.00 Å². The van der Waals surface area contributed by atoms with E-state index in [1.165, 1.54) is 11.3 Å². The summed E-state index contributed by atoms with van der Waals surface area (Å²) in [5.41, 5.74) is 1.47. The highest BCUT2D eigenvalue weighted by molar-refractivity contribution is 7.16. The molecule has 4 nitrogen and oxygen atoms in total. The maximum atomic E-state index is 11.9. The number of esters is 1. The first-order valence-corrected chi connectivity index (χ1v) is 6.79. The Balaban J connectivity index is 2.35. The highest BCUT2D eigenvalue weighted by Crippen LogP contribution is 2.35. The standard InChI is InChI=1S/C14H15NO3S/c1-4-17-14(16)12-9(2)10(3)19-13(12)15-8-11-6-5-7-18-11/h5-8H,4H2,1-3H3/b15-8+. The average Bonchev–Trinajstić information content (AvgIpc) is 2.97. The number of carbonyl (C=O) groups is 1. The first kappa shape index (κ1) is 13.5. The van der Waals surface area contributed by atoms with Gasteiger partial charge in [0.15, 0.2) is 0 Å². The Labute approximate surface area is 115 Å². The van der Waals surface area contributed by atoms with E-state index in [2.05, 4.69) is 4.99 Å². The number of aliphatic imine (C=N–C) groups is 1. The zero-order valence-corrected chi connectivity index (χ0v) is 11.9. The van der Waals surface area contributed by atoms with E-state index in [-0.39, 0.29) is 5.97 Å². The normalized spacial score (nSPS) is 11.1. The Morgan fingerprint density at radius 2 is 2.32 bits per heavy atom. The van der Waals surface area contributed by atoms with Crippen LogP contribution < -0.4 is 0 Å². The van der Waals surface area contributed by atoms with Gasteiger partial charge in [-0.2, -0.15) is 0 Å². The number of carbonyl (C=O) groups excluding carboxylic acids is 1. The molecule has 0 saturated heterocycles. The summed E-state index contributed by atoms with van der Waals surface area (Å²) in [5.74, 6) is 0.328. The largest absolute Gasteiger partial charge is 0.463 e. The molecule has 2 aromatic heterocycles. The molecule has 0 fully saturated rings. The van der Waals surface area contributed by atoms with E-state index in [0.29, 0.717) is 22.9 Å². The number of aryl methyl sites for hydroxylation is 1. The van der Waals surface area contributed by atoms with Gasteiger partial charge in [-0.3, -0.25) is 0 Å². The second-order valence-electron chi connectivity index (χ2n) is 3.96. The van der Waals surface area contributed by atoms with Crippen molar-refractivity contribution in [3.63, 3.8) is 0 Å². The number of nitrogens with zero attached hydrogens (tertiary/aromatic N) is 1. The van der Waals surface area contributed by atoms with Gasteiger partial charge in [0, 0.05) is 4.88 Å². The van der Waals surface area contributed by atoms with Gasteiger partial charge in [0.25, 0.3) is 0 Å². The predicted octanol–water partition coefficient (Wildman–Crippen LogP) is 3.89. The summed E-state index contributed by atoms with van der Waals surface area (Å²) in [7, 11) is 0. The molecule has 0 aliphatic rings. The van der Waals surface area contributed by atoms with Crippen molar-refractivity contribution in [2.45, 2.75) is 20.8 Å². The van der Waals surface area contributed by atoms with Gasteiger partial charge in [-0.25, -0.2) is 9.79 Å². The first-order valence-electron chi connectivity index (χ1n) is 5.98. The van der Waals surface area contributed by atoms with Crippen molar-refractivity contribution in [2.24, 2.45) is 4.99 Å². The molecule has 0 amide bonds. The Morgan fingerprint density at radius 1 is 1.53 bits per heavy atom. The molecule has 0 bridgehead atoms. The summed E-state index contributed by atoms with van der Waals surface area (Å²) in [5, 5.41) is 0.657. The average molecular weight is 277 g/mol. The van der Waals surface area contributed by atoms with Gasteiger partial charge in [0.1, 0.15) is 10.8 Å². The fourth-order valence-corrected chi connectivity index (χ4v) is 2.62. The van der Waals surface area contributed by atoms with E-state index in [0.717, 1.165) is 10.4 Å². The number of ether oxygens (including phenoxy) is 1. The molecule has 0 aliphatic carbocycles. The minimum atomic E-state index is -0.323. The van der Waals surface area contributed by atoms with E-state index < -0.39 is 0 Å². The van der Waals surface area contributed by atoms with E-state index in [4.69, 9.17) is 9.15 Å². The number of thiophene rings is 1. The molecule has 2 heterocycles. The molecule has 5 heteroatoms. The Kier molecular flexibility index (Phi) is 4.16. The van der Waals surface area contributed by atoms with Crippen LogP contribution in [0.25, 0.3) is 0 Å². The highest BCUT2D eigenvalue weighted by atomic mass is 32.1. The summed E-state index contributed by atoms with van der Waals surface area (Å²) in [6, 6.07) is 3.60. The summed E-state index contributed by atoms with van der Waals surface area (Å²) in [4.78, 5) is 17.3. The lowest BCUT2D eigenvalue weighted by Gasteiger charge is -2.02. The number of hydrogen-bond donors (Lipinski definition) is 0. The monoisotopic (exact) mass is 277 g/mol. The molecule has 0 saturated carbocycles. The third kappa shape index (κ3) is 2.93. The molecular weight excluding hydrogens is 262 g/mol. The third-order valence-electron chi connectivity index (χ3n) is 2.70. The van der Waals surface area contributed by atoms with Crippen molar-refractivity contribution in [3.05, 3.63) is 40.2 Å². The van der Waals surface area contributed by atoms with Gasteiger partial charge in [0.2, 0.25) is 0 Å². The van der Waals surface area contributed by atoms with Crippen LogP contribution in [-0.2, 0) is 4.74 Å². The SMILES string of the molecule is CCOC(=O)c1c(/N=C/c2ccco2)sc(C)c1C. The molecule has 0 aliphatic heterocycles. The van der Waals surface area contributed by atoms with Gasteiger partial charge < -0.3 is 9.15 Å². The fraction of sp³-hybridized carbons (Fsp3) is 0.286. The maximum Gasteiger partial charge on any atom is 0.341 e. The van der Waals surface area contributed by atoms with Crippen molar-refractivity contribution in [2.75, 3.05) is 6.61 Å². The van der Waals surface area contributed by atoms with Gasteiger partial charge >= 0.3 is 5.97 Å². The lowest BCUT2D eigenvalue weighted by molar-refractivity contribution is 0.0527. The molecule has 0 N–H and O–H groups in total. The molecule has 0 aromatic carbocycles. The lowest BCUT2D eigenvalue weighted by atomic mass is 10.1. The van der Waals surface area contributed by atoms with Crippen LogP contribution in [0.2, 0.25) is 0 Å². The topological polar surface area (TPSA) is 51.8 Å². The Morgan fingerprint density at radius 3 is 2.95 bits per heavy atom. The number of furan rings is 1. The molecule has 2 rings (SSSR count). The van der Waals surface area contributed by atoms with Gasteiger partial charge in [-0.1, -0.05) is 0 Å². The van der Waals surface area contributed by atoms with Crippen LogP contribution in [0.1, 0.15) is 33.5 Å². The highest BCUT2D eigenvalue weighted by Gasteiger charge is 2.20. The van der Waals surface area contributed by atoms with E-state index in [9.17, 15) is 4.79 Å². The summed E-state index contributed by atoms with van der Waals surface area (Å²) < 4.78 is 10.2. The second-order valence-corrected chi connectivity index (χ2v) is 5.16. The fourth-order valence-electron chi connectivity index (χ4n) is 1.63. The molecule has 19 heavy (non-hydrogen) atoms. The molecule has 0 radical (unpaired) electrons. The van der Waals surface area contributed by atoms with E-state index >= 15 is 0 Å². The minimum Gasteiger partial charge on any atom is -0.463 e. The smallest absolute Gasteiger partial charge is 0.341 e. The van der Waals surface area contributed by atoms with Crippen LogP contribution in [0.5, 0.6) is 0 Å². The third-order valence-corrected chi connectivity index (χ3v) is 3.81. The van der Waals surface area contributed by atoms with Crippen LogP contribution in [0.3, 0.4) is 0 Å². The van der Waals surface area contributed by atoms with Crippen LogP contribution in [-0.4, -0.2) is 18.8 Å². The Hall–Kier alpha value is -1.88. The maximum absolute atomic E-state index is 11.9. The summed E-state index contributed by atoms with van der Waals surface area (Å²) >= 11 is 1.48.